The van der Waals surface area contributed by atoms with Crippen LogP contribution in [0.4, 0.5) is 0 Å². The monoisotopic (exact) mass is 182 g/mol. The predicted molar refractivity (Wildman–Crippen MR) is 49.3 cm³/mol. The maximum absolute atomic E-state index is 9.48. The summed E-state index contributed by atoms with van der Waals surface area (Å²) in [6.07, 6.45) is 0.0984. The second-order valence-corrected chi connectivity index (χ2v) is 2.97. The van der Waals surface area contributed by atoms with E-state index in [-0.39, 0.29) is 12.4 Å². The smallest absolute Gasteiger partial charge is 0.121 e. The number of aliphatic hydroxyl groups is 2. The normalized spacial score (nSPS) is 12.8. The van der Waals surface area contributed by atoms with E-state index >= 15 is 0 Å². The third-order valence-electron chi connectivity index (χ3n) is 2.05. The van der Waals surface area contributed by atoms with Gasteiger partial charge in [-0.1, -0.05) is 13.0 Å². The lowest BCUT2D eigenvalue weighted by Gasteiger charge is -2.10. The van der Waals surface area contributed by atoms with Gasteiger partial charge in [-0.15, -0.1) is 0 Å². The van der Waals surface area contributed by atoms with E-state index in [2.05, 4.69) is 0 Å². The average Bonchev–Trinajstić information content (AvgIpc) is 2.17. The van der Waals surface area contributed by atoms with Gasteiger partial charge in [-0.05, 0) is 24.1 Å². The number of phenols is 1. The fraction of sp³-hybridized carbons (Fsp3) is 0.400. The minimum absolute atomic E-state index is 0.0644. The summed E-state index contributed by atoms with van der Waals surface area (Å²) in [5.74, 6) is 0.0644. The molecule has 1 aromatic carbocycles. The van der Waals surface area contributed by atoms with Crippen LogP contribution in [0.25, 0.3) is 0 Å². The molecule has 3 nitrogen and oxygen atoms in total. The van der Waals surface area contributed by atoms with Crippen molar-refractivity contribution in [2.45, 2.75) is 26.1 Å². The van der Waals surface area contributed by atoms with Crippen LogP contribution in [0.1, 0.15) is 30.6 Å². The molecule has 0 saturated heterocycles. The molecule has 0 bridgehead atoms. The summed E-state index contributed by atoms with van der Waals surface area (Å²) in [4.78, 5) is 0. The molecule has 0 heterocycles. The van der Waals surface area contributed by atoms with Gasteiger partial charge < -0.3 is 15.3 Å². The van der Waals surface area contributed by atoms with Crippen LogP contribution in [0.5, 0.6) is 5.75 Å². The van der Waals surface area contributed by atoms with E-state index in [4.69, 9.17) is 5.11 Å². The van der Waals surface area contributed by atoms with Crippen molar-refractivity contribution in [3.05, 3.63) is 29.3 Å². The number of hydrogen-bond acceptors (Lipinski definition) is 3. The van der Waals surface area contributed by atoms with Gasteiger partial charge in [0.05, 0.1) is 12.7 Å². The lowest BCUT2D eigenvalue weighted by Crippen LogP contribution is -1.96. The molecular formula is C10H14O3. The molecule has 0 saturated carbocycles. The number of aromatic hydroxyl groups is 1. The fourth-order valence-electron chi connectivity index (χ4n) is 1.18. The summed E-state index contributed by atoms with van der Waals surface area (Å²) in [5.41, 5.74) is 1.18. The van der Waals surface area contributed by atoms with Gasteiger partial charge in [-0.2, -0.15) is 0 Å². The molecule has 0 aliphatic rings. The highest BCUT2D eigenvalue weighted by atomic mass is 16.3. The zero-order chi connectivity index (χ0) is 9.84. The zero-order valence-electron chi connectivity index (χ0n) is 7.57. The van der Waals surface area contributed by atoms with Gasteiger partial charge in [0.2, 0.25) is 0 Å². The Balaban J connectivity index is 2.99. The van der Waals surface area contributed by atoms with Crippen LogP contribution in [0, 0.1) is 0 Å². The molecule has 0 aliphatic carbocycles. The molecule has 0 aliphatic heterocycles. The van der Waals surface area contributed by atoms with Crippen molar-refractivity contribution in [2.24, 2.45) is 0 Å². The van der Waals surface area contributed by atoms with Gasteiger partial charge in [0, 0.05) is 5.56 Å². The van der Waals surface area contributed by atoms with Crippen LogP contribution < -0.4 is 0 Å². The molecule has 3 heteroatoms. The van der Waals surface area contributed by atoms with Gasteiger partial charge in [0.25, 0.3) is 0 Å². The van der Waals surface area contributed by atoms with Crippen LogP contribution in [-0.4, -0.2) is 15.3 Å². The molecule has 0 amide bonds. The SMILES string of the molecule is CC[C@H](O)c1ccc(O)c(CO)c1. The number of aliphatic hydroxyl groups excluding tert-OH is 2. The predicted octanol–water partition coefficient (Wildman–Crippen LogP) is 1.33. The van der Waals surface area contributed by atoms with Crippen molar-refractivity contribution in [1.29, 1.82) is 0 Å². The van der Waals surface area contributed by atoms with Crippen molar-refractivity contribution >= 4 is 0 Å². The minimum atomic E-state index is -0.522. The van der Waals surface area contributed by atoms with E-state index in [0.29, 0.717) is 12.0 Å². The Hall–Kier alpha value is -1.06. The minimum Gasteiger partial charge on any atom is -0.508 e. The van der Waals surface area contributed by atoms with Gasteiger partial charge in [0.1, 0.15) is 5.75 Å². The van der Waals surface area contributed by atoms with Gasteiger partial charge in [0.15, 0.2) is 0 Å². The highest BCUT2D eigenvalue weighted by molar-refractivity contribution is 5.36. The number of rotatable bonds is 3. The third kappa shape index (κ3) is 2.20. The Morgan fingerprint density at radius 3 is 2.62 bits per heavy atom. The van der Waals surface area contributed by atoms with Crippen molar-refractivity contribution in [3.63, 3.8) is 0 Å². The summed E-state index contributed by atoms with van der Waals surface area (Å²) in [5, 5.41) is 27.6. The van der Waals surface area contributed by atoms with Crippen LogP contribution in [0.3, 0.4) is 0 Å². The summed E-state index contributed by atoms with van der Waals surface area (Å²) in [6.45, 7) is 1.66. The van der Waals surface area contributed by atoms with E-state index in [1.54, 1.807) is 12.1 Å². The lowest BCUT2D eigenvalue weighted by atomic mass is 10.0. The molecule has 13 heavy (non-hydrogen) atoms. The number of benzene rings is 1. The quantitative estimate of drug-likeness (QED) is 0.660. The van der Waals surface area contributed by atoms with Crippen molar-refractivity contribution in [2.75, 3.05) is 0 Å². The van der Waals surface area contributed by atoms with Crippen LogP contribution in [0.2, 0.25) is 0 Å². The Labute approximate surface area is 77.3 Å². The fourth-order valence-corrected chi connectivity index (χ4v) is 1.18. The summed E-state index contributed by atoms with van der Waals surface area (Å²) < 4.78 is 0. The molecule has 0 aromatic heterocycles. The molecule has 0 unspecified atom stereocenters. The van der Waals surface area contributed by atoms with Crippen molar-refractivity contribution < 1.29 is 15.3 Å². The maximum Gasteiger partial charge on any atom is 0.121 e. The Bertz CT molecular complexity index is 283. The molecule has 1 atom stereocenters. The summed E-state index contributed by atoms with van der Waals surface area (Å²) >= 11 is 0. The molecule has 0 spiro atoms. The van der Waals surface area contributed by atoms with E-state index in [9.17, 15) is 10.2 Å². The standard InChI is InChI=1S/C10H14O3/c1-2-9(12)7-3-4-10(13)8(5-7)6-11/h3-5,9,11-13H,2,6H2,1H3/t9-/m0/s1. The maximum atomic E-state index is 9.48. The van der Waals surface area contributed by atoms with E-state index < -0.39 is 6.10 Å². The lowest BCUT2D eigenvalue weighted by molar-refractivity contribution is 0.173. The Morgan fingerprint density at radius 1 is 1.38 bits per heavy atom. The van der Waals surface area contributed by atoms with Crippen molar-refractivity contribution in [3.8, 4) is 5.75 Å². The third-order valence-corrected chi connectivity index (χ3v) is 2.05. The first-order valence-corrected chi connectivity index (χ1v) is 4.29. The molecule has 1 aromatic rings. The van der Waals surface area contributed by atoms with Crippen LogP contribution in [0.15, 0.2) is 18.2 Å². The first-order valence-electron chi connectivity index (χ1n) is 4.29. The largest absolute Gasteiger partial charge is 0.508 e. The molecule has 0 radical (unpaired) electrons. The molecule has 0 fully saturated rings. The molecular weight excluding hydrogens is 168 g/mol. The highest BCUT2D eigenvalue weighted by Gasteiger charge is 2.07. The summed E-state index contributed by atoms with van der Waals surface area (Å²) in [7, 11) is 0. The zero-order valence-corrected chi connectivity index (χ0v) is 7.57. The van der Waals surface area contributed by atoms with Crippen LogP contribution >= 0.6 is 0 Å². The molecule has 3 N–H and O–H groups in total. The van der Waals surface area contributed by atoms with Gasteiger partial charge in [-0.25, -0.2) is 0 Å². The molecule has 1 rings (SSSR count). The second kappa shape index (κ2) is 4.25. The van der Waals surface area contributed by atoms with Crippen molar-refractivity contribution in [1.82, 2.24) is 0 Å². The van der Waals surface area contributed by atoms with E-state index in [1.165, 1.54) is 6.07 Å². The summed E-state index contributed by atoms with van der Waals surface area (Å²) in [6, 6.07) is 4.76. The van der Waals surface area contributed by atoms with Gasteiger partial charge in [-0.3, -0.25) is 0 Å². The van der Waals surface area contributed by atoms with Crippen LogP contribution in [-0.2, 0) is 6.61 Å². The first-order chi connectivity index (χ1) is 6.19. The van der Waals surface area contributed by atoms with E-state index in [1.807, 2.05) is 6.92 Å². The first kappa shape index (κ1) is 10.0. The Kier molecular flexibility index (Phi) is 3.28. The van der Waals surface area contributed by atoms with E-state index in [0.717, 1.165) is 5.56 Å². The average molecular weight is 182 g/mol. The second-order valence-electron chi connectivity index (χ2n) is 2.97. The topological polar surface area (TPSA) is 60.7 Å². The molecule has 72 valence electrons. The van der Waals surface area contributed by atoms with Gasteiger partial charge >= 0.3 is 0 Å². The Morgan fingerprint density at radius 2 is 2.08 bits per heavy atom. The number of hydrogen-bond donors (Lipinski definition) is 3. The highest BCUT2D eigenvalue weighted by Crippen LogP contribution is 2.23.